The van der Waals surface area contributed by atoms with Crippen LogP contribution in [0.4, 0.5) is 0 Å². The number of rotatable bonds is 5. The third-order valence-corrected chi connectivity index (χ3v) is 1.31. The number of likely N-dealkylation sites (N-methyl/N-ethyl adjacent to an activating group) is 1. The van der Waals surface area contributed by atoms with Crippen LogP contribution in [0.1, 0.15) is 13.8 Å². The second-order valence-corrected chi connectivity index (χ2v) is 3.29. The molecule has 0 saturated heterocycles. The van der Waals surface area contributed by atoms with Gasteiger partial charge in [-0.3, -0.25) is 4.79 Å². The zero-order valence-electron chi connectivity index (χ0n) is 8.65. The Balaban J connectivity index is 3.88. The van der Waals surface area contributed by atoms with E-state index in [0.29, 0.717) is 0 Å². The number of hydrogen-bond acceptors (Lipinski definition) is 3. The number of aliphatic carboxylic acids is 1. The SMILES string of the molecule is CC(C)NC(=O)CN(C)C=CC(=O)O. The highest BCUT2D eigenvalue weighted by Gasteiger charge is 2.04. The van der Waals surface area contributed by atoms with Crippen molar-refractivity contribution in [2.75, 3.05) is 13.6 Å². The van der Waals surface area contributed by atoms with Crippen molar-refractivity contribution in [2.24, 2.45) is 0 Å². The molecule has 0 aliphatic rings. The molecule has 0 spiro atoms. The standard InChI is InChI=1S/C9H16N2O3/c1-7(2)10-8(12)6-11(3)5-4-9(13)14/h4-5,7H,6H2,1-3H3,(H,10,12)(H,13,14). The van der Waals surface area contributed by atoms with Gasteiger partial charge in [0.1, 0.15) is 0 Å². The van der Waals surface area contributed by atoms with Crippen LogP contribution in [0.25, 0.3) is 0 Å². The van der Waals surface area contributed by atoms with Crippen LogP contribution in [-0.4, -0.2) is 41.5 Å². The first kappa shape index (κ1) is 12.5. The van der Waals surface area contributed by atoms with E-state index >= 15 is 0 Å². The molecular weight excluding hydrogens is 184 g/mol. The van der Waals surface area contributed by atoms with Gasteiger partial charge in [-0.1, -0.05) is 0 Å². The van der Waals surface area contributed by atoms with Crippen molar-refractivity contribution in [2.45, 2.75) is 19.9 Å². The number of carbonyl (C=O) groups excluding carboxylic acids is 1. The van der Waals surface area contributed by atoms with Crippen LogP contribution in [0, 0.1) is 0 Å². The normalized spacial score (nSPS) is 10.6. The van der Waals surface area contributed by atoms with Crippen LogP contribution in [0.3, 0.4) is 0 Å². The molecule has 0 aromatic carbocycles. The van der Waals surface area contributed by atoms with E-state index in [9.17, 15) is 9.59 Å². The molecule has 2 N–H and O–H groups in total. The first-order chi connectivity index (χ1) is 6.41. The van der Waals surface area contributed by atoms with Crippen LogP contribution >= 0.6 is 0 Å². The highest BCUT2D eigenvalue weighted by molar-refractivity contribution is 5.80. The Kier molecular flexibility index (Phi) is 5.36. The topological polar surface area (TPSA) is 69.6 Å². The molecule has 1 amide bonds. The zero-order chi connectivity index (χ0) is 11.1. The van der Waals surface area contributed by atoms with Crippen molar-refractivity contribution in [3.8, 4) is 0 Å². The molecule has 0 aliphatic carbocycles. The lowest BCUT2D eigenvalue weighted by atomic mass is 10.4. The Morgan fingerprint density at radius 3 is 2.50 bits per heavy atom. The minimum absolute atomic E-state index is 0.0966. The van der Waals surface area contributed by atoms with Gasteiger partial charge in [0.15, 0.2) is 0 Å². The summed E-state index contributed by atoms with van der Waals surface area (Å²) in [6.07, 6.45) is 2.34. The highest BCUT2D eigenvalue weighted by Crippen LogP contribution is 1.86. The number of nitrogens with one attached hydrogen (secondary N) is 1. The van der Waals surface area contributed by atoms with E-state index in [2.05, 4.69) is 5.32 Å². The van der Waals surface area contributed by atoms with E-state index in [0.717, 1.165) is 6.08 Å². The summed E-state index contributed by atoms with van der Waals surface area (Å²) in [5, 5.41) is 11.0. The molecule has 14 heavy (non-hydrogen) atoms. The maximum absolute atomic E-state index is 11.2. The van der Waals surface area contributed by atoms with E-state index in [-0.39, 0.29) is 18.5 Å². The fourth-order valence-electron chi connectivity index (χ4n) is 0.838. The second kappa shape index (κ2) is 6.01. The summed E-state index contributed by atoms with van der Waals surface area (Å²) in [6.45, 7) is 3.89. The molecule has 0 saturated carbocycles. The molecule has 0 bridgehead atoms. The van der Waals surface area contributed by atoms with Crippen LogP contribution in [-0.2, 0) is 9.59 Å². The fraction of sp³-hybridized carbons (Fsp3) is 0.556. The quantitative estimate of drug-likeness (QED) is 0.615. The molecule has 0 unspecified atom stereocenters. The van der Waals surface area contributed by atoms with E-state index in [4.69, 9.17) is 5.11 Å². The van der Waals surface area contributed by atoms with Crippen LogP contribution in [0.2, 0.25) is 0 Å². The zero-order valence-corrected chi connectivity index (χ0v) is 8.65. The average molecular weight is 200 g/mol. The molecule has 5 nitrogen and oxygen atoms in total. The number of nitrogens with zero attached hydrogens (tertiary/aromatic N) is 1. The van der Waals surface area contributed by atoms with E-state index in [1.54, 1.807) is 7.05 Å². The monoisotopic (exact) mass is 200 g/mol. The first-order valence-corrected chi connectivity index (χ1v) is 4.32. The number of amides is 1. The van der Waals surface area contributed by atoms with Crippen LogP contribution < -0.4 is 5.32 Å². The van der Waals surface area contributed by atoms with E-state index < -0.39 is 5.97 Å². The summed E-state index contributed by atoms with van der Waals surface area (Å²) in [7, 11) is 1.64. The minimum Gasteiger partial charge on any atom is -0.478 e. The van der Waals surface area contributed by atoms with Crippen LogP contribution in [0.15, 0.2) is 12.3 Å². The van der Waals surface area contributed by atoms with E-state index in [1.165, 1.54) is 11.1 Å². The third-order valence-electron chi connectivity index (χ3n) is 1.31. The Morgan fingerprint density at radius 2 is 2.07 bits per heavy atom. The first-order valence-electron chi connectivity index (χ1n) is 4.32. The smallest absolute Gasteiger partial charge is 0.329 e. The van der Waals surface area contributed by atoms with Gasteiger partial charge in [-0.05, 0) is 13.8 Å². The number of hydrogen-bond donors (Lipinski definition) is 2. The summed E-state index contributed by atoms with van der Waals surface area (Å²) in [5.41, 5.74) is 0. The molecular formula is C9H16N2O3. The Morgan fingerprint density at radius 1 is 1.50 bits per heavy atom. The van der Waals surface area contributed by atoms with Gasteiger partial charge >= 0.3 is 5.97 Å². The Bertz CT molecular complexity index is 236. The maximum atomic E-state index is 11.2. The van der Waals surface area contributed by atoms with Crippen molar-refractivity contribution >= 4 is 11.9 Å². The maximum Gasteiger partial charge on any atom is 0.329 e. The molecule has 0 aromatic rings. The van der Waals surface area contributed by atoms with Crippen molar-refractivity contribution in [3.63, 3.8) is 0 Å². The third kappa shape index (κ3) is 7.15. The molecule has 5 heteroatoms. The van der Waals surface area contributed by atoms with Crippen LogP contribution in [0.5, 0.6) is 0 Å². The largest absolute Gasteiger partial charge is 0.478 e. The van der Waals surface area contributed by atoms with Gasteiger partial charge in [0, 0.05) is 25.4 Å². The Hall–Kier alpha value is -1.52. The van der Waals surface area contributed by atoms with Crippen molar-refractivity contribution in [1.82, 2.24) is 10.2 Å². The van der Waals surface area contributed by atoms with Crippen molar-refractivity contribution in [3.05, 3.63) is 12.3 Å². The second-order valence-electron chi connectivity index (χ2n) is 3.29. The van der Waals surface area contributed by atoms with E-state index in [1.807, 2.05) is 13.8 Å². The predicted octanol–water partition coefficient (Wildman–Crippen LogP) is 0.0411. The average Bonchev–Trinajstić information content (AvgIpc) is 1.98. The molecule has 0 aromatic heterocycles. The van der Waals surface area contributed by atoms with Gasteiger partial charge in [-0.25, -0.2) is 4.79 Å². The lowest BCUT2D eigenvalue weighted by molar-refractivity contribution is -0.131. The number of carboxylic acids is 1. The van der Waals surface area contributed by atoms with Crippen molar-refractivity contribution < 1.29 is 14.7 Å². The lowest BCUT2D eigenvalue weighted by Crippen LogP contribution is -2.36. The van der Waals surface area contributed by atoms with Crippen molar-refractivity contribution in [1.29, 1.82) is 0 Å². The summed E-state index contributed by atoms with van der Waals surface area (Å²) in [5.74, 6) is -1.15. The van der Waals surface area contributed by atoms with Gasteiger partial charge in [0.05, 0.1) is 6.54 Å². The molecule has 0 radical (unpaired) electrons. The summed E-state index contributed by atoms with van der Waals surface area (Å²) >= 11 is 0. The fourth-order valence-corrected chi connectivity index (χ4v) is 0.838. The molecule has 80 valence electrons. The minimum atomic E-state index is -1.03. The number of carboxylic acid groups (broad SMARTS) is 1. The molecule has 0 atom stereocenters. The summed E-state index contributed by atoms with van der Waals surface area (Å²) < 4.78 is 0. The molecule has 0 aliphatic heterocycles. The summed E-state index contributed by atoms with van der Waals surface area (Å²) in [4.78, 5) is 22.8. The highest BCUT2D eigenvalue weighted by atomic mass is 16.4. The van der Waals surface area contributed by atoms with Gasteiger partial charge in [0.2, 0.25) is 5.91 Å². The lowest BCUT2D eigenvalue weighted by Gasteiger charge is -2.14. The predicted molar refractivity (Wildman–Crippen MR) is 52.7 cm³/mol. The molecule has 0 fully saturated rings. The van der Waals surface area contributed by atoms with Gasteiger partial charge < -0.3 is 15.3 Å². The Labute approximate surface area is 83.4 Å². The molecule has 0 rings (SSSR count). The number of carbonyl (C=O) groups is 2. The summed E-state index contributed by atoms with van der Waals surface area (Å²) in [6, 6.07) is 0.0966. The van der Waals surface area contributed by atoms with Gasteiger partial charge in [-0.15, -0.1) is 0 Å². The molecule has 0 heterocycles. The van der Waals surface area contributed by atoms with Gasteiger partial charge in [-0.2, -0.15) is 0 Å². The van der Waals surface area contributed by atoms with Gasteiger partial charge in [0.25, 0.3) is 0 Å².